The molecule has 1 heterocycles. The van der Waals surface area contributed by atoms with E-state index in [1.54, 1.807) is 6.07 Å². The molecule has 0 radical (unpaired) electrons. The average Bonchev–Trinajstić information content (AvgIpc) is 2.18. The molecule has 3 nitrogen and oxygen atoms in total. The minimum atomic E-state index is 0.341. The summed E-state index contributed by atoms with van der Waals surface area (Å²) in [6.45, 7) is 1.56. The summed E-state index contributed by atoms with van der Waals surface area (Å²) in [6, 6.07) is 5.60. The van der Waals surface area contributed by atoms with Gasteiger partial charge in [0.2, 0.25) is 0 Å². The molecule has 0 bridgehead atoms. The first kappa shape index (κ1) is 8.38. The largest absolute Gasteiger partial charge is 0.506 e. The molecule has 70 valence electrons. The SMILES string of the molecule is NCC1CNc2c(O)cccc2C1. The first-order chi connectivity index (χ1) is 6.31. The van der Waals surface area contributed by atoms with Crippen LogP contribution >= 0.6 is 0 Å². The van der Waals surface area contributed by atoms with Crippen LogP contribution in [0, 0.1) is 5.92 Å². The topological polar surface area (TPSA) is 58.3 Å². The maximum atomic E-state index is 9.52. The van der Waals surface area contributed by atoms with E-state index in [9.17, 15) is 5.11 Å². The molecule has 13 heavy (non-hydrogen) atoms. The van der Waals surface area contributed by atoms with Crippen LogP contribution in [-0.4, -0.2) is 18.2 Å². The summed E-state index contributed by atoms with van der Waals surface area (Å²) in [5, 5.41) is 12.7. The van der Waals surface area contributed by atoms with Crippen molar-refractivity contribution in [1.82, 2.24) is 0 Å². The summed E-state index contributed by atoms with van der Waals surface area (Å²) in [5.74, 6) is 0.835. The first-order valence-corrected chi connectivity index (χ1v) is 4.56. The number of fused-ring (bicyclic) bond motifs is 1. The highest BCUT2D eigenvalue weighted by Crippen LogP contribution is 2.32. The van der Waals surface area contributed by atoms with Gasteiger partial charge in [-0.05, 0) is 30.5 Å². The summed E-state index contributed by atoms with van der Waals surface area (Å²) < 4.78 is 0. The molecule has 1 atom stereocenters. The van der Waals surface area contributed by atoms with Crippen LogP contribution in [-0.2, 0) is 6.42 Å². The molecular formula is C10H14N2O. The molecular weight excluding hydrogens is 164 g/mol. The van der Waals surface area contributed by atoms with Crippen LogP contribution in [0.4, 0.5) is 5.69 Å². The zero-order valence-electron chi connectivity index (χ0n) is 7.46. The standard InChI is InChI=1S/C10H14N2O/c11-5-7-4-8-2-1-3-9(13)10(8)12-6-7/h1-3,7,12-13H,4-6,11H2. The molecule has 4 N–H and O–H groups in total. The average molecular weight is 178 g/mol. The molecule has 0 saturated carbocycles. The highest BCUT2D eigenvalue weighted by atomic mass is 16.3. The lowest BCUT2D eigenvalue weighted by molar-refractivity contribution is 0.470. The van der Waals surface area contributed by atoms with E-state index in [1.165, 1.54) is 5.56 Å². The zero-order chi connectivity index (χ0) is 9.26. The Labute approximate surface area is 77.6 Å². The molecule has 1 aliphatic rings. The van der Waals surface area contributed by atoms with Gasteiger partial charge in [0, 0.05) is 6.54 Å². The van der Waals surface area contributed by atoms with Gasteiger partial charge in [-0.3, -0.25) is 0 Å². The van der Waals surface area contributed by atoms with Gasteiger partial charge in [0.15, 0.2) is 0 Å². The Morgan fingerprint density at radius 3 is 3.15 bits per heavy atom. The van der Waals surface area contributed by atoms with Gasteiger partial charge in [-0.15, -0.1) is 0 Å². The maximum absolute atomic E-state index is 9.52. The number of nitrogens with one attached hydrogen (secondary N) is 1. The summed E-state index contributed by atoms with van der Waals surface area (Å²) in [4.78, 5) is 0. The van der Waals surface area contributed by atoms with Crippen molar-refractivity contribution >= 4 is 5.69 Å². The number of nitrogens with two attached hydrogens (primary N) is 1. The van der Waals surface area contributed by atoms with E-state index in [2.05, 4.69) is 5.32 Å². The number of anilines is 1. The van der Waals surface area contributed by atoms with E-state index < -0.39 is 0 Å². The van der Waals surface area contributed by atoms with E-state index in [4.69, 9.17) is 5.73 Å². The molecule has 0 fully saturated rings. The summed E-state index contributed by atoms with van der Waals surface area (Å²) in [5.41, 5.74) is 7.65. The van der Waals surface area contributed by atoms with Gasteiger partial charge in [-0.2, -0.15) is 0 Å². The third-order valence-electron chi connectivity index (χ3n) is 2.54. The third-order valence-corrected chi connectivity index (χ3v) is 2.54. The molecule has 0 amide bonds. The summed E-state index contributed by atoms with van der Waals surface area (Å²) >= 11 is 0. The van der Waals surface area contributed by atoms with Gasteiger partial charge in [0.25, 0.3) is 0 Å². The van der Waals surface area contributed by atoms with Gasteiger partial charge in [-0.25, -0.2) is 0 Å². The fourth-order valence-corrected chi connectivity index (χ4v) is 1.76. The Balaban J connectivity index is 2.31. The molecule has 1 aliphatic heterocycles. The van der Waals surface area contributed by atoms with E-state index in [0.717, 1.165) is 18.7 Å². The fourth-order valence-electron chi connectivity index (χ4n) is 1.76. The molecule has 3 heteroatoms. The molecule has 1 aromatic rings. The number of phenolic OH excluding ortho intramolecular Hbond substituents is 1. The predicted octanol–water partition coefficient (Wildman–Crippen LogP) is 0.935. The van der Waals surface area contributed by atoms with Crippen molar-refractivity contribution in [2.75, 3.05) is 18.4 Å². The van der Waals surface area contributed by atoms with E-state index >= 15 is 0 Å². The first-order valence-electron chi connectivity index (χ1n) is 4.56. The highest BCUT2D eigenvalue weighted by Gasteiger charge is 2.18. The van der Waals surface area contributed by atoms with Crippen molar-refractivity contribution in [1.29, 1.82) is 0 Å². The van der Waals surface area contributed by atoms with Gasteiger partial charge in [0.1, 0.15) is 5.75 Å². The predicted molar refractivity (Wildman–Crippen MR) is 52.8 cm³/mol. The Morgan fingerprint density at radius 1 is 1.54 bits per heavy atom. The molecule has 0 saturated heterocycles. The lowest BCUT2D eigenvalue weighted by atomic mass is 9.94. The molecule has 1 unspecified atom stereocenters. The van der Waals surface area contributed by atoms with Crippen molar-refractivity contribution in [2.45, 2.75) is 6.42 Å². The molecule has 2 rings (SSSR count). The molecule has 0 aliphatic carbocycles. The number of para-hydroxylation sites is 1. The third kappa shape index (κ3) is 1.47. The van der Waals surface area contributed by atoms with Gasteiger partial charge in [-0.1, -0.05) is 12.1 Å². The maximum Gasteiger partial charge on any atom is 0.138 e. The van der Waals surface area contributed by atoms with Crippen LogP contribution in [0.2, 0.25) is 0 Å². The van der Waals surface area contributed by atoms with Crippen LogP contribution in [0.3, 0.4) is 0 Å². The number of rotatable bonds is 1. The van der Waals surface area contributed by atoms with E-state index in [-0.39, 0.29) is 0 Å². The second-order valence-electron chi connectivity index (χ2n) is 3.50. The minimum Gasteiger partial charge on any atom is -0.506 e. The van der Waals surface area contributed by atoms with Gasteiger partial charge in [0.05, 0.1) is 5.69 Å². The minimum absolute atomic E-state index is 0.341. The van der Waals surface area contributed by atoms with Crippen molar-refractivity contribution in [3.63, 3.8) is 0 Å². The summed E-state index contributed by atoms with van der Waals surface area (Å²) in [6.07, 6.45) is 0.966. The monoisotopic (exact) mass is 178 g/mol. The number of aromatic hydroxyl groups is 1. The Hall–Kier alpha value is -1.22. The highest BCUT2D eigenvalue weighted by molar-refractivity contribution is 5.62. The number of benzene rings is 1. The van der Waals surface area contributed by atoms with Crippen LogP contribution in [0.1, 0.15) is 5.56 Å². The molecule has 0 spiro atoms. The lowest BCUT2D eigenvalue weighted by Crippen LogP contribution is -2.29. The normalized spacial score (nSPS) is 20.5. The zero-order valence-corrected chi connectivity index (χ0v) is 7.46. The lowest BCUT2D eigenvalue weighted by Gasteiger charge is -2.25. The second kappa shape index (κ2) is 3.26. The summed E-state index contributed by atoms with van der Waals surface area (Å²) in [7, 11) is 0. The fraction of sp³-hybridized carbons (Fsp3) is 0.400. The van der Waals surface area contributed by atoms with Crippen LogP contribution < -0.4 is 11.1 Å². The molecule has 1 aromatic carbocycles. The Kier molecular flexibility index (Phi) is 2.10. The van der Waals surface area contributed by atoms with Crippen molar-refractivity contribution in [3.8, 4) is 5.75 Å². The molecule has 0 aromatic heterocycles. The Bertz CT molecular complexity index is 312. The number of phenols is 1. The smallest absolute Gasteiger partial charge is 0.138 e. The van der Waals surface area contributed by atoms with Crippen LogP contribution in [0.15, 0.2) is 18.2 Å². The van der Waals surface area contributed by atoms with Crippen molar-refractivity contribution in [3.05, 3.63) is 23.8 Å². The quantitative estimate of drug-likeness (QED) is 0.561. The van der Waals surface area contributed by atoms with Gasteiger partial charge >= 0.3 is 0 Å². The van der Waals surface area contributed by atoms with Crippen LogP contribution in [0.5, 0.6) is 5.75 Å². The Morgan fingerprint density at radius 2 is 2.38 bits per heavy atom. The van der Waals surface area contributed by atoms with Gasteiger partial charge < -0.3 is 16.2 Å². The number of hydrogen-bond donors (Lipinski definition) is 3. The van der Waals surface area contributed by atoms with E-state index in [0.29, 0.717) is 18.2 Å². The van der Waals surface area contributed by atoms with Crippen molar-refractivity contribution in [2.24, 2.45) is 11.7 Å². The van der Waals surface area contributed by atoms with Crippen LogP contribution in [0.25, 0.3) is 0 Å². The number of hydrogen-bond acceptors (Lipinski definition) is 3. The van der Waals surface area contributed by atoms with Crippen molar-refractivity contribution < 1.29 is 5.11 Å². The second-order valence-corrected chi connectivity index (χ2v) is 3.50. The van der Waals surface area contributed by atoms with E-state index in [1.807, 2.05) is 12.1 Å².